The third-order valence-electron chi connectivity index (χ3n) is 4.76. The number of halogens is 1. The average Bonchev–Trinajstić information content (AvgIpc) is 3.16. The lowest BCUT2D eigenvalue weighted by atomic mass is 9.67. The number of imidazole rings is 1. The van der Waals surface area contributed by atoms with E-state index in [2.05, 4.69) is 20.5 Å². The second-order valence-electron chi connectivity index (χ2n) is 6.69. The fourth-order valence-electron chi connectivity index (χ4n) is 3.12. The van der Waals surface area contributed by atoms with Crippen molar-refractivity contribution in [3.05, 3.63) is 47.4 Å². The molecule has 0 aliphatic carbocycles. The van der Waals surface area contributed by atoms with E-state index < -0.39 is 5.91 Å². The Kier molecular flexibility index (Phi) is 5.20. The predicted octanol–water partition coefficient (Wildman–Crippen LogP) is -0.889. The number of aryl methyl sites for hydroxylation is 1. The van der Waals surface area contributed by atoms with Crippen molar-refractivity contribution in [2.24, 2.45) is 7.05 Å². The number of aromatic nitrogens is 4. The zero-order chi connectivity index (χ0) is 21.6. The van der Waals surface area contributed by atoms with E-state index in [0.29, 0.717) is 5.52 Å². The number of carbonyl (C=O) groups is 1. The largest absolute Gasteiger partial charge is 0.334 e. The SMILES string of the molecule is [B]c1c([B])c(C(=O)Nc2cc3cc(-c4cncn4C)ccc3nn2)c([B])c([B])c1Cl. The summed E-state index contributed by atoms with van der Waals surface area (Å²) in [5.74, 6) is -0.419. The van der Waals surface area contributed by atoms with Gasteiger partial charge in [0.1, 0.15) is 31.4 Å². The quantitative estimate of drug-likeness (QED) is 0.451. The molecule has 2 aromatic heterocycles. The van der Waals surface area contributed by atoms with Gasteiger partial charge in [0.05, 0.1) is 23.7 Å². The van der Waals surface area contributed by atoms with E-state index in [0.717, 1.165) is 16.6 Å². The van der Waals surface area contributed by atoms with E-state index in [9.17, 15) is 4.79 Å². The van der Waals surface area contributed by atoms with Crippen LogP contribution in [0.5, 0.6) is 0 Å². The number of benzene rings is 2. The monoisotopic (exact) mass is 403 g/mol. The Labute approximate surface area is 183 Å². The minimum absolute atomic E-state index is 0.00902. The number of nitrogens with zero attached hydrogens (tertiary/aromatic N) is 4. The van der Waals surface area contributed by atoms with E-state index in [4.69, 9.17) is 43.0 Å². The van der Waals surface area contributed by atoms with Gasteiger partial charge in [-0.1, -0.05) is 39.5 Å². The minimum Gasteiger partial charge on any atom is -0.334 e. The maximum absolute atomic E-state index is 12.8. The molecule has 11 heteroatoms. The summed E-state index contributed by atoms with van der Waals surface area (Å²) >= 11 is 5.99. The summed E-state index contributed by atoms with van der Waals surface area (Å²) in [7, 11) is 25.4. The number of nitrogens with one attached hydrogen (secondary N) is 1. The Bertz CT molecular complexity index is 1300. The van der Waals surface area contributed by atoms with Crippen molar-refractivity contribution in [3.63, 3.8) is 0 Å². The Hall–Kier alpha value is -2.99. The summed E-state index contributed by atoms with van der Waals surface area (Å²) in [4.78, 5) is 16.9. The third kappa shape index (κ3) is 3.41. The molecule has 6 nitrogen and oxygen atoms in total. The molecule has 30 heavy (non-hydrogen) atoms. The van der Waals surface area contributed by atoms with Gasteiger partial charge in [-0.05, 0) is 18.2 Å². The first-order chi connectivity index (χ1) is 14.3. The molecule has 1 amide bonds. The maximum atomic E-state index is 12.8. The molecule has 8 radical (unpaired) electrons. The smallest absolute Gasteiger partial charge is 0.255 e. The normalized spacial score (nSPS) is 11.0. The number of amides is 1. The lowest BCUT2D eigenvalue weighted by Gasteiger charge is -2.18. The Morgan fingerprint density at radius 2 is 1.73 bits per heavy atom. The summed E-state index contributed by atoms with van der Waals surface area (Å²) in [6.07, 6.45) is 3.48. The summed E-state index contributed by atoms with van der Waals surface area (Å²) in [5, 5.41) is 11.6. The second-order valence-corrected chi connectivity index (χ2v) is 7.07. The number of hydrogen-bond acceptors (Lipinski definition) is 4. The molecule has 0 unspecified atom stereocenters. The molecular weight excluding hydrogens is 393 g/mol. The molecular formula is C19H10B4ClN5O. The van der Waals surface area contributed by atoms with Crippen LogP contribution < -0.4 is 27.2 Å². The molecule has 2 heterocycles. The van der Waals surface area contributed by atoms with Gasteiger partial charge in [0.25, 0.3) is 5.91 Å². The number of rotatable bonds is 3. The zero-order valence-electron chi connectivity index (χ0n) is 15.8. The molecule has 0 atom stereocenters. The van der Waals surface area contributed by atoms with Gasteiger partial charge < -0.3 is 9.88 Å². The van der Waals surface area contributed by atoms with Gasteiger partial charge in [-0.2, -0.15) is 0 Å². The molecule has 0 saturated carbocycles. The Morgan fingerprint density at radius 1 is 1.03 bits per heavy atom. The summed E-state index contributed by atoms with van der Waals surface area (Å²) in [5.41, 5.74) is 2.33. The highest BCUT2D eigenvalue weighted by Crippen LogP contribution is 2.24. The Morgan fingerprint density at radius 3 is 2.37 bits per heavy atom. The second kappa shape index (κ2) is 7.69. The van der Waals surface area contributed by atoms with Crippen molar-refractivity contribution >= 4 is 87.5 Å². The number of fused-ring (bicyclic) bond motifs is 1. The number of carbonyl (C=O) groups excluding carboxylic acids is 1. The third-order valence-corrected chi connectivity index (χ3v) is 5.17. The van der Waals surface area contributed by atoms with E-state index >= 15 is 0 Å². The van der Waals surface area contributed by atoms with Crippen LogP contribution in [0, 0.1) is 0 Å². The molecule has 4 aromatic rings. The van der Waals surface area contributed by atoms with Crippen LogP contribution in [-0.2, 0) is 7.05 Å². The highest BCUT2D eigenvalue weighted by Gasteiger charge is 2.18. The fourth-order valence-corrected chi connectivity index (χ4v) is 3.32. The van der Waals surface area contributed by atoms with Crippen LogP contribution in [0.25, 0.3) is 22.2 Å². The van der Waals surface area contributed by atoms with Crippen molar-refractivity contribution in [3.8, 4) is 11.3 Å². The molecule has 1 N–H and O–H groups in total. The van der Waals surface area contributed by atoms with E-state index in [1.807, 2.05) is 29.8 Å². The van der Waals surface area contributed by atoms with Gasteiger partial charge in [-0.3, -0.25) is 4.79 Å². The standard InChI is InChI=1S/C19H10B4ClN5O/c1-29-7-25-6-11(29)8-2-3-10-9(4-8)5-12(28-27-10)26-19(30)13-14(20)16(22)18(24)17(23)15(13)21/h2-7H,1H3,(H,26,28,30). The molecule has 136 valence electrons. The first-order valence-electron chi connectivity index (χ1n) is 8.74. The van der Waals surface area contributed by atoms with E-state index in [-0.39, 0.29) is 38.3 Å². The molecule has 4 rings (SSSR count). The summed E-state index contributed by atoms with van der Waals surface area (Å²) in [6, 6.07) is 7.38. The van der Waals surface area contributed by atoms with Crippen LogP contribution in [0.1, 0.15) is 10.4 Å². The van der Waals surface area contributed by atoms with Gasteiger partial charge in [0, 0.05) is 28.6 Å². The van der Waals surface area contributed by atoms with Crippen molar-refractivity contribution in [2.45, 2.75) is 0 Å². The van der Waals surface area contributed by atoms with Crippen LogP contribution in [0.3, 0.4) is 0 Å². The van der Waals surface area contributed by atoms with Crippen molar-refractivity contribution in [1.82, 2.24) is 19.7 Å². The number of hydrogen-bond donors (Lipinski definition) is 1. The van der Waals surface area contributed by atoms with Gasteiger partial charge in [-0.25, -0.2) is 4.98 Å². The highest BCUT2D eigenvalue weighted by molar-refractivity contribution is 6.65. The van der Waals surface area contributed by atoms with Gasteiger partial charge in [0.15, 0.2) is 5.82 Å². The van der Waals surface area contributed by atoms with Gasteiger partial charge in [-0.15, -0.1) is 10.2 Å². The van der Waals surface area contributed by atoms with Crippen LogP contribution >= 0.6 is 11.6 Å². The number of anilines is 1. The minimum atomic E-state index is -0.628. The van der Waals surface area contributed by atoms with Gasteiger partial charge >= 0.3 is 0 Å². The lowest BCUT2D eigenvalue weighted by molar-refractivity contribution is 0.102. The first kappa shape index (κ1) is 20.3. The van der Waals surface area contributed by atoms with Crippen LogP contribution in [0.15, 0.2) is 36.8 Å². The van der Waals surface area contributed by atoms with Gasteiger partial charge in [0.2, 0.25) is 0 Å². The Balaban J connectivity index is 1.71. The molecule has 0 bridgehead atoms. The summed E-state index contributed by atoms with van der Waals surface area (Å²) in [6.45, 7) is 0. The molecule has 2 aromatic carbocycles. The van der Waals surface area contributed by atoms with Crippen LogP contribution in [-0.4, -0.2) is 57.0 Å². The molecule has 0 saturated heterocycles. The first-order valence-corrected chi connectivity index (χ1v) is 9.12. The van der Waals surface area contributed by atoms with Crippen molar-refractivity contribution in [1.29, 1.82) is 0 Å². The molecule has 0 spiro atoms. The maximum Gasteiger partial charge on any atom is 0.255 e. The summed E-state index contributed by atoms with van der Waals surface area (Å²) < 4.78 is 1.90. The van der Waals surface area contributed by atoms with Crippen molar-refractivity contribution in [2.75, 3.05) is 5.32 Å². The highest BCUT2D eigenvalue weighted by atomic mass is 35.5. The van der Waals surface area contributed by atoms with E-state index in [1.54, 1.807) is 18.6 Å². The fraction of sp³-hybridized carbons (Fsp3) is 0.0526. The average molecular weight is 403 g/mol. The predicted molar refractivity (Wildman–Crippen MR) is 123 cm³/mol. The topological polar surface area (TPSA) is 72.7 Å². The van der Waals surface area contributed by atoms with Crippen molar-refractivity contribution < 1.29 is 4.79 Å². The van der Waals surface area contributed by atoms with E-state index in [1.165, 1.54) is 0 Å². The van der Waals surface area contributed by atoms with Crippen LogP contribution in [0.2, 0.25) is 5.02 Å². The molecule has 0 aliphatic rings. The lowest BCUT2D eigenvalue weighted by Crippen LogP contribution is -2.47. The molecule has 0 fully saturated rings. The zero-order valence-corrected chi connectivity index (χ0v) is 16.6. The molecule has 0 aliphatic heterocycles. The van der Waals surface area contributed by atoms with Crippen LogP contribution in [0.4, 0.5) is 5.82 Å².